The van der Waals surface area contributed by atoms with Gasteiger partial charge in [-0.2, -0.15) is 0 Å². The van der Waals surface area contributed by atoms with Gasteiger partial charge in [0.15, 0.2) is 0 Å². The molecule has 0 heteroatoms. The van der Waals surface area contributed by atoms with Crippen LogP contribution in [0.3, 0.4) is 0 Å². The van der Waals surface area contributed by atoms with E-state index in [1.807, 2.05) is 0 Å². The maximum Gasteiger partial charge on any atom is 0.00395 e. The molecule has 0 aliphatic heterocycles. The third-order valence-corrected chi connectivity index (χ3v) is 3.01. The van der Waals surface area contributed by atoms with Gasteiger partial charge in [0.2, 0.25) is 0 Å². The van der Waals surface area contributed by atoms with E-state index in [1.54, 1.807) is 0 Å². The SMILES string of the molecule is C=C(C)C(CCC)C1=CCC(=CC)C=C1. The van der Waals surface area contributed by atoms with Gasteiger partial charge in [0.1, 0.15) is 0 Å². The molecule has 1 rings (SSSR count). The van der Waals surface area contributed by atoms with Crippen LogP contribution in [0, 0.1) is 5.92 Å². The standard InChI is InChI=1S/C15H22/c1-5-7-15(12(3)4)14-10-8-13(6-2)9-11-14/h6,8,10-11,15H,3,5,7,9H2,1-2,4H3. The van der Waals surface area contributed by atoms with Crippen LogP contribution in [0.25, 0.3) is 0 Å². The largest absolute Gasteiger partial charge is 0.0995 e. The van der Waals surface area contributed by atoms with Crippen LogP contribution in [0.15, 0.2) is 47.6 Å². The maximum atomic E-state index is 4.10. The lowest BCUT2D eigenvalue weighted by Gasteiger charge is -2.20. The Hall–Kier alpha value is -1.04. The Bertz CT molecular complexity index is 313. The minimum atomic E-state index is 0.560. The monoisotopic (exact) mass is 202 g/mol. The first-order chi connectivity index (χ1) is 7.19. The smallest absolute Gasteiger partial charge is 0.00395 e. The summed E-state index contributed by atoms with van der Waals surface area (Å²) in [5.74, 6) is 0.560. The van der Waals surface area contributed by atoms with E-state index in [4.69, 9.17) is 0 Å². The van der Waals surface area contributed by atoms with Gasteiger partial charge >= 0.3 is 0 Å². The van der Waals surface area contributed by atoms with Gasteiger partial charge < -0.3 is 0 Å². The van der Waals surface area contributed by atoms with Crippen LogP contribution in [-0.4, -0.2) is 0 Å². The Labute approximate surface area is 94.1 Å². The third-order valence-electron chi connectivity index (χ3n) is 3.01. The fourth-order valence-electron chi connectivity index (χ4n) is 2.03. The second-order valence-corrected chi connectivity index (χ2v) is 4.29. The van der Waals surface area contributed by atoms with E-state index in [0.717, 1.165) is 6.42 Å². The first kappa shape index (κ1) is 12.0. The molecule has 0 spiro atoms. The third kappa shape index (κ3) is 3.23. The molecule has 1 unspecified atom stereocenters. The molecule has 0 N–H and O–H groups in total. The molecule has 0 amide bonds. The van der Waals surface area contributed by atoms with Crippen LogP contribution in [0.5, 0.6) is 0 Å². The Morgan fingerprint density at radius 2 is 2.27 bits per heavy atom. The highest BCUT2D eigenvalue weighted by molar-refractivity contribution is 5.38. The summed E-state index contributed by atoms with van der Waals surface area (Å²) in [7, 11) is 0. The van der Waals surface area contributed by atoms with E-state index in [1.165, 1.54) is 29.6 Å². The molecule has 1 aliphatic rings. The highest BCUT2D eigenvalue weighted by Crippen LogP contribution is 2.29. The van der Waals surface area contributed by atoms with Gasteiger partial charge in [-0.25, -0.2) is 0 Å². The number of allylic oxidation sites excluding steroid dienone is 7. The van der Waals surface area contributed by atoms with Crippen molar-refractivity contribution in [3.63, 3.8) is 0 Å². The number of hydrogen-bond acceptors (Lipinski definition) is 0. The molecule has 0 heterocycles. The molecule has 0 saturated heterocycles. The van der Waals surface area contributed by atoms with Crippen LogP contribution < -0.4 is 0 Å². The number of hydrogen-bond donors (Lipinski definition) is 0. The zero-order chi connectivity index (χ0) is 11.3. The summed E-state index contributed by atoms with van der Waals surface area (Å²) in [5.41, 5.74) is 4.15. The molecule has 1 atom stereocenters. The molecule has 0 radical (unpaired) electrons. The van der Waals surface area contributed by atoms with Crippen LogP contribution >= 0.6 is 0 Å². The fourth-order valence-corrected chi connectivity index (χ4v) is 2.03. The van der Waals surface area contributed by atoms with E-state index >= 15 is 0 Å². The van der Waals surface area contributed by atoms with Gasteiger partial charge in [0.25, 0.3) is 0 Å². The van der Waals surface area contributed by atoms with Crippen molar-refractivity contribution in [2.75, 3.05) is 0 Å². The van der Waals surface area contributed by atoms with Gasteiger partial charge in [-0.1, -0.05) is 49.8 Å². The van der Waals surface area contributed by atoms with Gasteiger partial charge in [0, 0.05) is 5.92 Å². The van der Waals surface area contributed by atoms with Crippen molar-refractivity contribution in [1.82, 2.24) is 0 Å². The Kier molecular flexibility index (Phi) is 4.61. The van der Waals surface area contributed by atoms with E-state index in [9.17, 15) is 0 Å². The predicted molar refractivity (Wildman–Crippen MR) is 68.8 cm³/mol. The number of rotatable bonds is 4. The molecule has 0 saturated carbocycles. The summed E-state index contributed by atoms with van der Waals surface area (Å²) >= 11 is 0. The maximum absolute atomic E-state index is 4.10. The van der Waals surface area contributed by atoms with Crippen LogP contribution in [0.1, 0.15) is 40.0 Å². The molecule has 0 aromatic rings. The van der Waals surface area contributed by atoms with Gasteiger partial charge in [-0.15, -0.1) is 0 Å². The summed E-state index contributed by atoms with van der Waals surface area (Å²) < 4.78 is 0. The summed E-state index contributed by atoms with van der Waals surface area (Å²) in [6, 6.07) is 0. The van der Waals surface area contributed by atoms with E-state index in [2.05, 4.69) is 51.7 Å². The lowest BCUT2D eigenvalue weighted by Crippen LogP contribution is -2.05. The normalized spacial score (nSPS) is 20.2. The molecular formula is C15H22. The average molecular weight is 202 g/mol. The molecule has 0 aromatic carbocycles. The minimum Gasteiger partial charge on any atom is -0.0995 e. The molecule has 0 fully saturated rings. The molecule has 0 bridgehead atoms. The first-order valence-corrected chi connectivity index (χ1v) is 5.87. The van der Waals surface area contributed by atoms with Crippen LogP contribution in [-0.2, 0) is 0 Å². The van der Waals surface area contributed by atoms with Crippen molar-refractivity contribution >= 4 is 0 Å². The molecular weight excluding hydrogens is 180 g/mol. The summed E-state index contributed by atoms with van der Waals surface area (Å²) in [6.45, 7) is 10.6. The van der Waals surface area contributed by atoms with Crippen molar-refractivity contribution in [3.8, 4) is 0 Å². The topological polar surface area (TPSA) is 0 Å². The van der Waals surface area contributed by atoms with E-state index < -0.39 is 0 Å². The van der Waals surface area contributed by atoms with Gasteiger partial charge in [-0.05, 0) is 37.8 Å². The van der Waals surface area contributed by atoms with Crippen molar-refractivity contribution in [2.45, 2.75) is 40.0 Å². The Morgan fingerprint density at radius 1 is 1.53 bits per heavy atom. The predicted octanol–water partition coefficient (Wildman–Crippen LogP) is 4.81. The fraction of sp³-hybridized carbons (Fsp3) is 0.467. The Morgan fingerprint density at radius 3 is 2.67 bits per heavy atom. The van der Waals surface area contributed by atoms with Crippen molar-refractivity contribution in [2.24, 2.45) is 5.92 Å². The zero-order valence-corrected chi connectivity index (χ0v) is 10.2. The molecule has 15 heavy (non-hydrogen) atoms. The summed E-state index contributed by atoms with van der Waals surface area (Å²) in [6.07, 6.45) is 12.5. The minimum absolute atomic E-state index is 0.560. The first-order valence-electron chi connectivity index (χ1n) is 5.87. The highest BCUT2D eigenvalue weighted by atomic mass is 14.2. The van der Waals surface area contributed by atoms with Gasteiger partial charge in [-0.3, -0.25) is 0 Å². The average Bonchev–Trinajstić information content (AvgIpc) is 2.26. The lowest BCUT2D eigenvalue weighted by atomic mass is 9.85. The molecule has 0 aromatic heterocycles. The van der Waals surface area contributed by atoms with Gasteiger partial charge in [0.05, 0.1) is 0 Å². The van der Waals surface area contributed by atoms with Crippen LogP contribution in [0.2, 0.25) is 0 Å². The second kappa shape index (κ2) is 5.75. The molecule has 1 aliphatic carbocycles. The summed E-state index contributed by atoms with van der Waals surface area (Å²) in [4.78, 5) is 0. The zero-order valence-electron chi connectivity index (χ0n) is 10.2. The summed E-state index contributed by atoms with van der Waals surface area (Å²) in [5, 5.41) is 0. The highest BCUT2D eigenvalue weighted by Gasteiger charge is 2.13. The van der Waals surface area contributed by atoms with Crippen molar-refractivity contribution in [3.05, 3.63) is 47.6 Å². The van der Waals surface area contributed by atoms with E-state index in [0.29, 0.717) is 5.92 Å². The lowest BCUT2D eigenvalue weighted by molar-refractivity contribution is 0.636. The quantitative estimate of drug-likeness (QED) is 0.574. The molecule has 82 valence electrons. The Balaban J connectivity index is 2.76. The van der Waals surface area contributed by atoms with E-state index in [-0.39, 0.29) is 0 Å². The second-order valence-electron chi connectivity index (χ2n) is 4.29. The van der Waals surface area contributed by atoms with Crippen LogP contribution in [0.4, 0.5) is 0 Å². The van der Waals surface area contributed by atoms with Crippen molar-refractivity contribution in [1.29, 1.82) is 0 Å². The molecule has 0 nitrogen and oxygen atoms in total. The van der Waals surface area contributed by atoms with Crippen molar-refractivity contribution < 1.29 is 0 Å².